The van der Waals surface area contributed by atoms with Gasteiger partial charge in [-0.05, 0) is 49.1 Å². The number of hydrogen-bond acceptors (Lipinski definition) is 2. The highest BCUT2D eigenvalue weighted by atomic mass is 19.2. The summed E-state index contributed by atoms with van der Waals surface area (Å²) in [5.74, 6) is -3.71. The predicted molar refractivity (Wildman–Crippen MR) is 92.4 cm³/mol. The maximum atomic E-state index is 14.1. The van der Waals surface area contributed by atoms with E-state index in [4.69, 9.17) is 5.11 Å². The molecule has 1 fully saturated rings. The lowest BCUT2D eigenvalue weighted by Crippen LogP contribution is -2.39. The van der Waals surface area contributed by atoms with Crippen molar-refractivity contribution >= 4 is 11.9 Å². The maximum absolute atomic E-state index is 14.1. The highest BCUT2D eigenvalue weighted by Gasteiger charge is 2.28. The van der Waals surface area contributed by atoms with E-state index in [0.717, 1.165) is 12.0 Å². The highest BCUT2D eigenvalue weighted by molar-refractivity contribution is 5.94. The number of carbonyl (C=O) groups excluding carboxylic acids is 1. The summed E-state index contributed by atoms with van der Waals surface area (Å²) in [5.41, 5.74) is 0.907. The molecule has 1 heterocycles. The molecule has 26 heavy (non-hydrogen) atoms. The molecule has 0 radical (unpaired) electrons. The van der Waals surface area contributed by atoms with E-state index in [1.54, 1.807) is 12.1 Å². The van der Waals surface area contributed by atoms with Crippen molar-refractivity contribution in [3.05, 3.63) is 70.3 Å². The number of aryl methyl sites for hydroxylation is 1. The Kier molecular flexibility index (Phi) is 5.02. The van der Waals surface area contributed by atoms with Crippen molar-refractivity contribution in [1.82, 2.24) is 4.90 Å². The van der Waals surface area contributed by atoms with E-state index in [9.17, 15) is 18.4 Å². The third-order valence-electron chi connectivity index (χ3n) is 4.82. The molecule has 4 nitrogen and oxygen atoms in total. The Morgan fingerprint density at radius 1 is 1.15 bits per heavy atom. The lowest BCUT2D eigenvalue weighted by Gasteiger charge is -2.33. The third-order valence-corrected chi connectivity index (χ3v) is 4.82. The van der Waals surface area contributed by atoms with Gasteiger partial charge in [0.2, 0.25) is 0 Å². The Hall–Kier alpha value is -2.76. The smallest absolute Gasteiger partial charge is 0.335 e. The monoisotopic (exact) mass is 359 g/mol. The van der Waals surface area contributed by atoms with Crippen molar-refractivity contribution < 1.29 is 23.5 Å². The molecule has 1 amide bonds. The van der Waals surface area contributed by atoms with Gasteiger partial charge in [-0.3, -0.25) is 4.79 Å². The number of nitrogens with zero attached hydrogens (tertiary/aromatic N) is 1. The standard InChI is InChI=1S/C20H19F2NO3/c1-12-7-8-16(18(22)17(12)21)19(24)23-9-3-6-15(11-23)13-4-2-5-14(10-13)20(25)26/h2,4-5,7-8,10,15H,3,6,9,11H2,1H3,(H,25,26). The van der Waals surface area contributed by atoms with Crippen molar-refractivity contribution in [2.45, 2.75) is 25.7 Å². The van der Waals surface area contributed by atoms with Crippen LogP contribution in [0.5, 0.6) is 0 Å². The van der Waals surface area contributed by atoms with Gasteiger partial charge in [-0.1, -0.05) is 18.2 Å². The van der Waals surface area contributed by atoms with Gasteiger partial charge in [0, 0.05) is 19.0 Å². The molecule has 1 aliphatic rings. The van der Waals surface area contributed by atoms with E-state index in [-0.39, 0.29) is 22.6 Å². The van der Waals surface area contributed by atoms with Crippen LogP contribution in [0.4, 0.5) is 8.78 Å². The number of carbonyl (C=O) groups is 2. The van der Waals surface area contributed by atoms with Crippen LogP contribution in [0, 0.1) is 18.6 Å². The predicted octanol–water partition coefficient (Wildman–Crippen LogP) is 3.99. The Balaban J connectivity index is 1.82. The van der Waals surface area contributed by atoms with Crippen LogP contribution in [0.15, 0.2) is 36.4 Å². The van der Waals surface area contributed by atoms with Crippen LogP contribution in [0.2, 0.25) is 0 Å². The van der Waals surface area contributed by atoms with Crippen LogP contribution in [0.3, 0.4) is 0 Å². The molecule has 1 saturated heterocycles. The normalized spacial score (nSPS) is 17.2. The molecule has 0 aromatic heterocycles. The van der Waals surface area contributed by atoms with Crippen LogP contribution in [0.25, 0.3) is 0 Å². The molecule has 1 N–H and O–H groups in total. The van der Waals surface area contributed by atoms with E-state index in [1.807, 2.05) is 6.07 Å². The number of benzene rings is 2. The van der Waals surface area contributed by atoms with Gasteiger partial charge in [-0.15, -0.1) is 0 Å². The van der Waals surface area contributed by atoms with Gasteiger partial charge in [0.25, 0.3) is 5.91 Å². The molecule has 2 aromatic carbocycles. The summed E-state index contributed by atoms with van der Waals surface area (Å²) in [4.78, 5) is 25.3. The number of carboxylic acids is 1. The summed E-state index contributed by atoms with van der Waals surface area (Å²) in [6.07, 6.45) is 1.52. The number of piperidine rings is 1. The van der Waals surface area contributed by atoms with Crippen LogP contribution in [-0.2, 0) is 0 Å². The average Bonchev–Trinajstić information content (AvgIpc) is 2.66. The van der Waals surface area contributed by atoms with Gasteiger partial charge >= 0.3 is 5.97 Å². The number of halogens is 2. The molecular weight excluding hydrogens is 340 g/mol. The maximum Gasteiger partial charge on any atom is 0.335 e. The topological polar surface area (TPSA) is 57.6 Å². The van der Waals surface area contributed by atoms with Crippen molar-refractivity contribution in [2.24, 2.45) is 0 Å². The molecule has 0 aliphatic carbocycles. The van der Waals surface area contributed by atoms with E-state index in [1.165, 1.54) is 30.0 Å². The van der Waals surface area contributed by atoms with E-state index >= 15 is 0 Å². The first kappa shape index (κ1) is 18.0. The van der Waals surface area contributed by atoms with Crippen molar-refractivity contribution in [2.75, 3.05) is 13.1 Å². The van der Waals surface area contributed by atoms with Crippen LogP contribution in [-0.4, -0.2) is 35.0 Å². The Morgan fingerprint density at radius 2 is 1.92 bits per heavy atom. The minimum absolute atomic E-state index is 0.0367. The van der Waals surface area contributed by atoms with Gasteiger partial charge in [0.05, 0.1) is 11.1 Å². The largest absolute Gasteiger partial charge is 0.478 e. The third kappa shape index (κ3) is 3.45. The van der Waals surface area contributed by atoms with Crippen LogP contribution < -0.4 is 0 Å². The van der Waals surface area contributed by atoms with Gasteiger partial charge < -0.3 is 10.0 Å². The minimum Gasteiger partial charge on any atom is -0.478 e. The lowest BCUT2D eigenvalue weighted by molar-refractivity contribution is 0.0685. The van der Waals surface area contributed by atoms with E-state index in [2.05, 4.69) is 0 Å². The molecule has 0 spiro atoms. The average molecular weight is 359 g/mol. The zero-order valence-corrected chi connectivity index (χ0v) is 14.3. The fraction of sp³-hybridized carbons (Fsp3) is 0.300. The fourth-order valence-corrected chi connectivity index (χ4v) is 3.34. The second-order valence-electron chi connectivity index (χ2n) is 6.58. The van der Waals surface area contributed by atoms with Crippen LogP contribution in [0.1, 0.15) is 50.6 Å². The van der Waals surface area contributed by atoms with Gasteiger partial charge in [0.1, 0.15) is 0 Å². The van der Waals surface area contributed by atoms with Gasteiger partial charge in [0.15, 0.2) is 11.6 Å². The zero-order valence-electron chi connectivity index (χ0n) is 14.3. The first-order chi connectivity index (χ1) is 12.4. The number of carboxylic acid groups (broad SMARTS) is 1. The summed E-state index contributed by atoms with van der Waals surface area (Å²) < 4.78 is 27.9. The highest BCUT2D eigenvalue weighted by Crippen LogP contribution is 2.29. The number of aromatic carboxylic acids is 1. The summed E-state index contributed by atoms with van der Waals surface area (Å²) >= 11 is 0. The van der Waals surface area contributed by atoms with Crippen molar-refractivity contribution in [3.63, 3.8) is 0 Å². The summed E-state index contributed by atoms with van der Waals surface area (Å²) in [6, 6.07) is 9.33. The summed E-state index contributed by atoms with van der Waals surface area (Å²) in [6.45, 7) is 2.25. The second kappa shape index (κ2) is 7.23. The fourth-order valence-electron chi connectivity index (χ4n) is 3.34. The van der Waals surface area contributed by atoms with Gasteiger partial charge in [-0.25, -0.2) is 13.6 Å². The summed E-state index contributed by atoms with van der Waals surface area (Å²) in [7, 11) is 0. The van der Waals surface area contributed by atoms with Crippen LogP contribution >= 0.6 is 0 Å². The van der Waals surface area contributed by atoms with E-state index in [0.29, 0.717) is 19.5 Å². The molecule has 0 bridgehead atoms. The molecule has 2 aromatic rings. The molecule has 1 aliphatic heterocycles. The molecule has 0 saturated carbocycles. The SMILES string of the molecule is Cc1ccc(C(=O)N2CCCC(c3cccc(C(=O)O)c3)C2)c(F)c1F. The molecule has 1 unspecified atom stereocenters. The number of hydrogen-bond donors (Lipinski definition) is 1. The zero-order chi connectivity index (χ0) is 18.8. The Labute approximate surface area is 150 Å². The van der Waals surface area contributed by atoms with E-state index < -0.39 is 23.5 Å². The molecular formula is C20H19F2NO3. The molecule has 136 valence electrons. The first-order valence-electron chi connectivity index (χ1n) is 8.45. The Bertz CT molecular complexity index is 866. The molecule has 1 atom stereocenters. The lowest BCUT2D eigenvalue weighted by atomic mass is 9.89. The first-order valence-corrected chi connectivity index (χ1v) is 8.45. The quantitative estimate of drug-likeness (QED) is 0.901. The minimum atomic E-state index is -1.12. The molecule has 3 rings (SSSR count). The number of rotatable bonds is 3. The summed E-state index contributed by atoms with van der Waals surface area (Å²) in [5, 5.41) is 9.13. The van der Waals surface area contributed by atoms with Crippen molar-refractivity contribution in [3.8, 4) is 0 Å². The molecule has 6 heteroatoms. The number of amides is 1. The van der Waals surface area contributed by atoms with Gasteiger partial charge in [-0.2, -0.15) is 0 Å². The van der Waals surface area contributed by atoms with Crippen molar-refractivity contribution in [1.29, 1.82) is 0 Å². The second-order valence-corrected chi connectivity index (χ2v) is 6.58. The number of likely N-dealkylation sites (tertiary alicyclic amines) is 1. The Morgan fingerprint density at radius 3 is 2.65 bits per heavy atom.